The van der Waals surface area contributed by atoms with Crippen molar-refractivity contribution in [3.8, 4) is 0 Å². The van der Waals surface area contributed by atoms with Gasteiger partial charge in [0.15, 0.2) is 0 Å². The molecule has 0 aliphatic rings. The van der Waals surface area contributed by atoms with Crippen LogP contribution in [0.25, 0.3) is 5.57 Å². The van der Waals surface area contributed by atoms with E-state index in [1.54, 1.807) is 18.7 Å². The van der Waals surface area contributed by atoms with Crippen molar-refractivity contribution in [1.29, 1.82) is 0 Å². The third-order valence-electron chi connectivity index (χ3n) is 3.83. The van der Waals surface area contributed by atoms with Crippen molar-refractivity contribution in [2.24, 2.45) is 5.73 Å². The van der Waals surface area contributed by atoms with Gasteiger partial charge in [0.2, 0.25) is 0 Å². The topological polar surface area (TPSA) is 107 Å². The van der Waals surface area contributed by atoms with Gasteiger partial charge in [-0.2, -0.15) is 0 Å². The second kappa shape index (κ2) is 8.31. The van der Waals surface area contributed by atoms with Crippen LogP contribution in [0.15, 0.2) is 34.9 Å². The van der Waals surface area contributed by atoms with Gasteiger partial charge in [-0.1, -0.05) is 19.1 Å². The lowest BCUT2D eigenvalue weighted by atomic mass is 10.1. The summed E-state index contributed by atoms with van der Waals surface area (Å²) >= 11 is 2.97. The average molecular weight is 377 g/mol. The number of thioether (sulfide) groups is 1. The van der Waals surface area contributed by atoms with Gasteiger partial charge < -0.3 is 22.5 Å². The Balaban J connectivity index is 2.11. The first-order valence-corrected chi connectivity index (χ1v) is 9.76. The molecule has 1 amide bonds. The number of hydrogen-bond acceptors (Lipinski definition) is 6. The molecule has 5 nitrogen and oxygen atoms in total. The van der Waals surface area contributed by atoms with Gasteiger partial charge in [0.25, 0.3) is 5.91 Å². The molecule has 1 aromatic heterocycles. The number of allylic oxidation sites excluding steroid dienone is 2. The predicted octanol–water partition coefficient (Wildman–Crippen LogP) is 3.66. The fourth-order valence-corrected chi connectivity index (χ4v) is 3.97. The number of nitrogens with two attached hydrogens (primary N) is 3. The molecular weight excluding hydrogens is 352 g/mol. The summed E-state index contributed by atoms with van der Waals surface area (Å²) in [4.78, 5) is 14.1. The highest BCUT2D eigenvalue weighted by atomic mass is 32.2. The summed E-state index contributed by atoms with van der Waals surface area (Å²) in [6, 6.07) is 8.15. The summed E-state index contributed by atoms with van der Waals surface area (Å²) < 4.78 is 0. The van der Waals surface area contributed by atoms with E-state index in [1.165, 1.54) is 16.2 Å². The molecule has 7 heteroatoms. The quantitative estimate of drug-likeness (QED) is 0.576. The Morgan fingerprint density at radius 1 is 1.20 bits per heavy atom. The van der Waals surface area contributed by atoms with Crippen LogP contribution in [-0.2, 0) is 6.54 Å². The van der Waals surface area contributed by atoms with Crippen LogP contribution in [0.5, 0.6) is 0 Å². The first kappa shape index (κ1) is 19.2. The third kappa shape index (κ3) is 4.49. The summed E-state index contributed by atoms with van der Waals surface area (Å²) in [5.74, 6) is 0.808. The van der Waals surface area contributed by atoms with E-state index in [0.717, 1.165) is 16.9 Å². The molecule has 0 saturated carbocycles. The molecule has 0 fully saturated rings. The number of anilines is 2. The van der Waals surface area contributed by atoms with E-state index in [0.29, 0.717) is 33.4 Å². The molecular formula is C18H24N4OS2. The van der Waals surface area contributed by atoms with E-state index < -0.39 is 0 Å². The number of hydrogen-bond donors (Lipinski definition) is 4. The van der Waals surface area contributed by atoms with Crippen LogP contribution in [0, 0.1) is 0 Å². The van der Waals surface area contributed by atoms with Crippen LogP contribution in [-0.4, -0.2) is 11.7 Å². The van der Waals surface area contributed by atoms with Crippen LogP contribution in [0.2, 0.25) is 0 Å². The third-order valence-corrected chi connectivity index (χ3v) is 5.76. The fourth-order valence-electron chi connectivity index (χ4n) is 2.35. The maximum Gasteiger partial charge on any atom is 0.263 e. The molecule has 25 heavy (non-hydrogen) atoms. The highest BCUT2D eigenvalue weighted by Gasteiger charge is 2.21. The van der Waals surface area contributed by atoms with Gasteiger partial charge in [0.05, 0.1) is 10.7 Å². The molecule has 1 aromatic carbocycles. The molecule has 0 bridgehead atoms. The van der Waals surface area contributed by atoms with Crippen molar-refractivity contribution in [2.75, 3.05) is 17.2 Å². The minimum atomic E-state index is -0.227. The zero-order chi connectivity index (χ0) is 18.6. The Morgan fingerprint density at radius 2 is 1.84 bits per heavy atom. The first-order chi connectivity index (χ1) is 11.8. The standard InChI is InChI=1S/C18H24N4OS2/c1-4-24-13-7-5-12(6-8-13)9-22-18(23)16-15(20)14(17(21)25-16)10(2)11(3)19/h5-8H,4,9,19-21H2,1-3H3,(H,22,23)/b11-10-. The number of nitrogen functional groups attached to an aromatic ring is 2. The molecule has 2 aromatic rings. The SMILES string of the molecule is CCSc1ccc(CNC(=O)c2sc(N)c(/C(C)=C(/C)N)c2N)cc1. The number of carbonyl (C=O) groups excluding carboxylic acids is 1. The summed E-state index contributed by atoms with van der Waals surface area (Å²) in [5, 5.41) is 3.40. The van der Waals surface area contributed by atoms with Gasteiger partial charge in [0, 0.05) is 22.7 Å². The normalized spacial score (nSPS) is 12.0. The maximum absolute atomic E-state index is 12.5. The molecule has 0 spiro atoms. The van der Waals surface area contributed by atoms with Gasteiger partial charge in [-0.25, -0.2) is 0 Å². The number of carbonyl (C=O) groups is 1. The maximum atomic E-state index is 12.5. The second-order valence-electron chi connectivity index (χ2n) is 5.65. The molecule has 134 valence electrons. The van der Waals surface area contributed by atoms with E-state index in [9.17, 15) is 4.79 Å². The Bertz CT molecular complexity index is 790. The lowest BCUT2D eigenvalue weighted by molar-refractivity contribution is 0.0955. The lowest BCUT2D eigenvalue weighted by Gasteiger charge is -2.07. The van der Waals surface area contributed by atoms with Crippen LogP contribution in [0.1, 0.15) is 41.6 Å². The van der Waals surface area contributed by atoms with Crippen LogP contribution in [0.3, 0.4) is 0 Å². The van der Waals surface area contributed by atoms with Crippen LogP contribution in [0.4, 0.5) is 10.7 Å². The fraction of sp³-hybridized carbons (Fsp3) is 0.278. The first-order valence-electron chi connectivity index (χ1n) is 7.96. The van der Waals surface area contributed by atoms with E-state index in [4.69, 9.17) is 17.2 Å². The minimum Gasteiger partial charge on any atom is -0.402 e. The molecule has 0 aliphatic carbocycles. The predicted molar refractivity (Wildman–Crippen MR) is 110 cm³/mol. The monoisotopic (exact) mass is 376 g/mol. The van der Waals surface area contributed by atoms with E-state index in [-0.39, 0.29) is 5.91 Å². The zero-order valence-electron chi connectivity index (χ0n) is 14.7. The van der Waals surface area contributed by atoms with E-state index >= 15 is 0 Å². The molecule has 0 unspecified atom stereocenters. The van der Waals surface area contributed by atoms with Crippen molar-refractivity contribution in [3.63, 3.8) is 0 Å². The molecule has 0 aliphatic heterocycles. The Labute approximate surface area is 156 Å². The van der Waals surface area contributed by atoms with Gasteiger partial charge in [-0.05, 0) is 42.9 Å². The molecule has 0 saturated heterocycles. The van der Waals surface area contributed by atoms with E-state index in [2.05, 4.69) is 24.4 Å². The van der Waals surface area contributed by atoms with Crippen molar-refractivity contribution < 1.29 is 4.79 Å². The molecule has 1 heterocycles. The van der Waals surface area contributed by atoms with Crippen molar-refractivity contribution in [2.45, 2.75) is 32.2 Å². The Hall–Kier alpha value is -2.12. The summed E-state index contributed by atoms with van der Waals surface area (Å²) in [6.45, 7) is 6.19. The Kier molecular flexibility index (Phi) is 6.39. The number of amides is 1. The number of benzene rings is 1. The molecule has 0 atom stereocenters. The zero-order valence-corrected chi connectivity index (χ0v) is 16.3. The number of thiophene rings is 1. The molecule has 2 rings (SSSR count). The lowest BCUT2D eigenvalue weighted by Crippen LogP contribution is -2.22. The Morgan fingerprint density at radius 3 is 2.40 bits per heavy atom. The minimum absolute atomic E-state index is 0.227. The average Bonchev–Trinajstić information content (AvgIpc) is 2.88. The highest BCUT2D eigenvalue weighted by Crippen LogP contribution is 2.38. The second-order valence-corrected chi connectivity index (χ2v) is 8.04. The highest BCUT2D eigenvalue weighted by molar-refractivity contribution is 7.99. The van der Waals surface area contributed by atoms with Crippen molar-refractivity contribution >= 4 is 45.3 Å². The van der Waals surface area contributed by atoms with Crippen LogP contribution >= 0.6 is 23.1 Å². The van der Waals surface area contributed by atoms with Crippen LogP contribution < -0.4 is 22.5 Å². The van der Waals surface area contributed by atoms with E-state index in [1.807, 2.05) is 19.1 Å². The summed E-state index contributed by atoms with van der Waals surface area (Å²) in [6.07, 6.45) is 0. The molecule has 7 N–H and O–H groups in total. The van der Waals surface area contributed by atoms with Gasteiger partial charge in [-0.15, -0.1) is 23.1 Å². The van der Waals surface area contributed by atoms with Crippen molar-refractivity contribution in [3.05, 3.63) is 46.0 Å². The molecule has 0 radical (unpaired) electrons. The smallest absolute Gasteiger partial charge is 0.263 e. The van der Waals surface area contributed by atoms with Gasteiger partial charge in [0.1, 0.15) is 4.88 Å². The van der Waals surface area contributed by atoms with Gasteiger partial charge in [-0.3, -0.25) is 4.79 Å². The summed E-state index contributed by atoms with van der Waals surface area (Å²) in [7, 11) is 0. The largest absolute Gasteiger partial charge is 0.402 e. The van der Waals surface area contributed by atoms with Gasteiger partial charge >= 0.3 is 0 Å². The van der Waals surface area contributed by atoms with Crippen molar-refractivity contribution in [1.82, 2.24) is 5.32 Å². The summed E-state index contributed by atoms with van der Waals surface area (Å²) in [5.41, 5.74) is 21.5. The number of rotatable bonds is 6. The number of nitrogens with one attached hydrogen (secondary N) is 1.